The Balaban J connectivity index is 3.12. The van der Waals surface area contributed by atoms with Gasteiger partial charge in [0.25, 0.3) is 0 Å². The molecule has 0 aliphatic rings. The summed E-state index contributed by atoms with van der Waals surface area (Å²) in [7, 11) is 1.56. The molecule has 0 aliphatic heterocycles. The van der Waals surface area contributed by atoms with Gasteiger partial charge in [-0.25, -0.2) is 4.79 Å². The van der Waals surface area contributed by atoms with Crippen LogP contribution in [0.25, 0.3) is 0 Å². The zero-order valence-corrected chi connectivity index (χ0v) is 10.00. The molecule has 0 saturated carbocycles. The van der Waals surface area contributed by atoms with Gasteiger partial charge in [0.1, 0.15) is 5.75 Å². The Morgan fingerprint density at radius 2 is 2.00 bits per heavy atom. The standard InChI is InChI=1S/C12H17NO3/c1-12(2,3)13-9-7-8(11(14)15)5-6-10(9)16-4/h5-7,13H,1-4H3,(H,14,15). The van der Waals surface area contributed by atoms with Crippen LogP contribution in [0.15, 0.2) is 18.2 Å². The first-order valence-electron chi connectivity index (χ1n) is 5.03. The number of ether oxygens (including phenoxy) is 1. The zero-order chi connectivity index (χ0) is 12.3. The molecule has 0 radical (unpaired) electrons. The molecule has 2 N–H and O–H groups in total. The maximum atomic E-state index is 10.8. The van der Waals surface area contributed by atoms with E-state index in [0.29, 0.717) is 11.4 Å². The summed E-state index contributed by atoms with van der Waals surface area (Å²) in [4.78, 5) is 10.8. The van der Waals surface area contributed by atoms with E-state index >= 15 is 0 Å². The van der Waals surface area contributed by atoms with Gasteiger partial charge in [0, 0.05) is 5.54 Å². The summed E-state index contributed by atoms with van der Waals surface area (Å²) in [6.07, 6.45) is 0. The van der Waals surface area contributed by atoms with E-state index in [9.17, 15) is 4.79 Å². The van der Waals surface area contributed by atoms with Crippen molar-refractivity contribution in [3.8, 4) is 5.75 Å². The number of carboxylic acid groups (broad SMARTS) is 1. The normalized spacial score (nSPS) is 11.0. The third-order valence-corrected chi connectivity index (χ3v) is 1.96. The second kappa shape index (κ2) is 4.43. The van der Waals surface area contributed by atoms with Gasteiger partial charge in [-0.15, -0.1) is 0 Å². The molecule has 1 aromatic carbocycles. The smallest absolute Gasteiger partial charge is 0.335 e. The van der Waals surface area contributed by atoms with Gasteiger partial charge in [-0.05, 0) is 39.0 Å². The summed E-state index contributed by atoms with van der Waals surface area (Å²) in [6.45, 7) is 6.00. The number of carboxylic acids is 1. The molecule has 16 heavy (non-hydrogen) atoms. The van der Waals surface area contributed by atoms with Crippen LogP contribution >= 0.6 is 0 Å². The maximum absolute atomic E-state index is 10.8. The van der Waals surface area contributed by atoms with Crippen LogP contribution in [0.3, 0.4) is 0 Å². The van der Waals surface area contributed by atoms with Crippen LogP contribution < -0.4 is 10.1 Å². The fourth-order valence-electron chi connectivity index (χ4n) is 1.34. The molecule has 1 aromatic rings. The number of anilines is 1. The van der Waals surface area contributed by atoms with Gasteiger partial charge in [0.15, 0.2) is 0 Å². The van der Waals surface area contributed by atoms with E-state index in [1.54, 1.807) is 19.2 Å². The van der Waals surface area contributed by atoms with E-state index in [-0.39, 0.29) is 11.1 Å². The van der Waals surface area contributed by atoms with E-state index < -0.39 is 5.97 Å². The van der Waals surface area contributed by atoms with Crippen LogP contribution in [0.2, 0.25) is 0 Å². The Morgan fingerprint density at radius 3 is 2.44 bits per heavy atom. The average molecular weight is 223 g/mol. The van der Waals surface area contributed by atoms with Crippen LogP contribution in [0.5, 0.6) is 5.75 Å². The quantitative estimate of drug-likeness (QED) is 0.827. The Bertz CT molecular complexity index is 394. The summed E-state index contributed by atoms with van der Waals surface area (Å²) >= 11 is 0. The zero-order valence-electron chi connectivity index (χ0n) is 10.00. The van der Waals surface area contributed by atoms with Crippen molar-refractivity contribution in [2.24, 2.45) is 0 Å². The molecular weight excluding hydrogens is 206 g/mol. The highest BCUT2D eigenvalue weighted by atomic mass is 16.5. The average Bonchev–Trinajstić information content (AvgIpc) is 2.15. The Kier molecular flexibility index (Phi) is 3.42. The molecule has 4 nitrogen and oxygen atoms in total. The van der Waals surface area contributed by atoms with Gasteiger partial charge in [-0.3, -0.25) is 0 Å². The fraction of sp³-hybridized carbons (Fsp3) is 0.417. The summed E-state index contributed by atoms with van der Waals surface area (Å²) in [5.41, 5.74) is 0.784. The molecule has 4 heteroatoms. The van der Waals surface area contributed by atoms with E-state index in [4.69, 9.17) is 9.84 Å². The molecule has 0 fully saturated rings. The molecule has 0 bridgehead atoms. The van der Waals surface area contributed by atoms with Gasteiger partial charge in [0.05, 0.1) is 18.4 Å². The molecule has 0 unspecified atom stereocenters. The summed E-state index contributed by atoms with van der Waals surface area (Å²) in [5, 5.41) is 12.1. The SMILES string of the molecule is COc1ccc(C(=O)O)cc1NC(C)(C)C. The summed E-state index contributed by atoms with van der Waals surface area (Å²) in [6, 6.07) is 4.75. The number of methoxy groups -OCH3 is 1. The van der Waals surface area contributed by atoms with Crippen molar-refractivity contribution in [2.75, 3.05) is 12.4 Å². The number of hydrogen-bond donors (Lipinski definition) is 2. The van der Waals surface area contributed by atoms with Crippen molar-refractivity contribution < 1.29 is 14.6 Å². The lowest BCUT2D eigenvalue weighted by Crippen LogP contribution is -2.26. The molecule has 1 rings (SSSR count). The van der Waals surface area contributed by atoms with E-state index in [0.717, 1.165) is 0 Å². The number of hydrogen-bond acceptors (Lipinski definition) is 3. The van der Waals surface area contributed by atoms with Crippen LogP contribution in [0.1, 0.15) is 31.1 Å². The first-order valence-corrected chi connectivity index (χ1v) is 5.03. The maximum Gasteiger partial charge on any atom is 0.335 e. The highest BCUT2D eigenvalue weighted by Crippen LogP contribution is 2.28. The lowest BCUT2D eigenvalue weighted by Gasteiger charge is -2.23. The lowest BCUT2D eigenvalue weighted by atomic mass is 10.1. The number of aromatic carboxylic acids is 1. The van der Waals surface area contributed by atoms with Crippen molar-refractivity contribution in [3.05, 3.63) is 23.8 Å². The largest absolute Gasteiger partial charge is 0.495 e. The van der Waals surface area contributed by atoms with Gasteiger partial charge in [-0.1, -0.05) is 0 Å². The number of rotatable bonds is 3. The Labute approximate surface area is 95.2 Å². The Morgan fingerprint density at radius 1 is 1.38 bits per heavy atom. The lowest BCUT2D eigenvalue weighted by molar-refractivity contribution is 0.0697. The molecular formula is C12H17NO3. The molecule has 0 spiro atoms. The van der Waals surface area contributed by atoms with E-state index in [2.05, 4.69) is 5.32 Å². The minimum absolute atomic E-state index is 0.148. The molecule has 0 amide bonds. The third-order valence-electron chi connectivity index (χ3n) is 1.96. The van der Waals surface area contributed by atoms with Gasteiger partial charge >= 0.3 is 5.97 Å². The van der Waals surface area contributed by atoms with Crippen molar-refractivity contribution in [3.63, 3.8) is 0 Å². The van der Waals surface area contributed by atoms with E-state index in [1.165, 1.54) is 6.07 Å². The topological polar surface area (TPSA) is 58.6 Å². The van der Waals surface area contributed by atoms with Crippen LogP contribution in [0, 0.1) is 0 Å². The molecule has 0 heterocycles. The molecule has 0 saturated heterocycles. The minimum Gasteiger partial charge on any atom is -0.495 e. The van der Waals surface area contributed by atoms with Crippen molar-refractivity contribution in [1.82, 2.24) is 0 Å². The van der Waals surface area contributed by atoms with E-state index in [1.807, 2.05) is 20.8 Å². The summed E-state index contributed by atoms with van der Waals surface area (Å²) in [5.74, 6) is -0.306. The Hall–Kier alpha value is -1.71. The molecule has 0 atom stereocenters. The number of benzene rings is 1. The third kappa shape index (κ3) is 3.15. The monoisotopic (exact) mass is 223 g/mol. The fourth-order valence-corrected chi connectivity index (χ4v) is 1.34. The second-order valence-electron chi connectivity index (χ2n) is 4.60. The first kappa shape index (κ1) is 12.4. The number of nitrogens with one attached hydrogen (secondary N) is 1. The van der Waals surface area contributed by atoms with Crippen molar-refractivity contribution in [1.29, 1.82) is 0 Å². The predicted octanol–water partition coefficient (Wildman–Crippen LogP) is 2.60. The highest BCUT2D eigenvalue weighted by molar-refractivity contribution is 5.89. The van der Waals surface area contributed by atoms with Crippen molar-refractivity contribution in [2.45, 2.75) is 26.3 Å². The minimum atomic E-state index is -0.945. The van der Waals surface area contributed by atoms with Gasteiger partial charge in [-0.2, -0.15) is 0 Å². The molecule has 0 aromatic heterocycles. The molecule has 88 valence electrons. The number of carbonyl (C=O) groups is 1. The second-order valence-corrected chi connectivity index (χ2v) is 4.60. The highest BCUT2D eigenvalue weighted by Gasteiger charge is 2.14. The van der Waals surface area contributed by atoms with Crippen molar-refractivity contribution >= 4 is 11.7 Å². The predicted molar refractivity (Wildman–Crippen MR) is 63.3 cm³/mol. The van der Waals surface area contributed by atoms with Gasteiger partial charge in [0.2, 0.25) is 0 Å². The van der Waals surface area contributed by atoms with Crippen LogP contribution in [-0.2, 0) is 0 Å². The van der Waals surface area contributed by atoms with Crippen LogP contribution in [0.4, 0.5) is 5.69 Å². The van der Waals surface area contributed by atoms with Crippen LogP contribution in [-0.4, -0.2) is 23.7 Å². The van der Waals surface area contributed by atoms with Gasteiger partial charge < -0.3 is 15.2 Å². The first-order chi connectivity index (χ1) is 7.33. The molecule has 0 aliphatic carbocycles. The summed E-state index contributed by atoms with van der Waals surface area (Å²) < 4.78 is 5.17.